The van der Waals surface area contributed by atoms with E-state index in [1.165, 1.54) is 122 Å². The maximum Gasteiger partial charge on any atom is 0.472 e. The highest BCUT2D eigenvalue weighted by Gasteiger charge is 2.26. The average molecular weight is 735 g/mol. The molecule has 0 saturated heterocycles. The minimum absolute atomic E-state index is 0.0514. The zero-order valence-corrected chi connectivity index (χ0v) is 33.3. The van der Waals surface area contributed by atoms with Gasteiger partial charge in [-0.3, -0.25) is 13.8 Å². The van der Waals surface area contributed by atoms with Gasteiger partial charge in [0.15, 0.2) is 0 Å². The molecule has 0 aliphatic carbocycles. The molecule has 9 nitrogen and oxygen atoms in total. The van der Waals surface area contributed by atoms with Gasteiger partial charge in [-0.25, -0.2) is 4.57 Å². The smallest absolute Gasteiger partial charge is 0.457 e. The third kappa shape index (κ3) is 37.0. The molecule has 0 rings (SSSR count). The third-order valence-corrected chi connectivity index (χ3v) is 9.90. The van der Waals surface area contributed by atoms with Crippen LogP contribution in [0.25, 0.3) is 0 Å². The molecule has 0 aliphatic heterocycles. The largest absolute Gasteiger partial charge is 0.472 e. The minimum Gasteiger partial charge on any atom is -0.457 e. The molecule has 3 unspecified atom stereocenters. The van der Waals surface area contributed by atoms with Gasteiger partial charge in [-0.1, -0.05) is 161 Å². The number of aliphatic hydroxyl groups excluding tert-OH is 2. The van der Waals surface area contributed by atoms with Gasteiger partial charge in [0.05, 0.1) is 26.4 Å². The van der Waals surface area contributed by atoms with Crippen LogP contribution in [0.3, 0.4) is 0 Å². The Morgan fingerprint density at radius 2 is 1.02 bits per heavy atom. The van der Waals surface area contributed by atoms with E-state index in [1.54, 1.807) is 0 Å². The summed E-state index contributed by atoms with van der Waals surface area (Å²) in [7, 11) is -4.51. The molecule has 10 heteroatoms. The number of allylic oxidation sites excluding steroid dienone is 2. The van der Waals surface area contributed by atoms with E-state index in [1.807, 2.05) is 0 Å². The van der Waals surface area contributed by atoms with E-state index in [0.717, 1.165) is 51.4 Å². The summed E-state index contributed by atoms with van der Waals surface area (Å²) in [4.78, 5) is 22.5. The number of rotatable bonds is 40. The molecule has 3 N–H and O–H groups in total. The average Bonchev–Trinajstić information content (AvgIpc) is 3.10. The van der Waals surface area contributed by atoms with Crippen LogP contribution in [-0.4, -0.2) is 66.3 Å². The van der Waals surface area contributed by atoms with Crippen LogP contribution in [0.15, 0.2) is 12.2 Å². The van der Waals surface area contributed by atoms with E-state index in [9.17, 15) is 19.4 Å². The molecule has 0 aromatic carbocycles. The zero-order valence-electron chi connectivity index (χ0n) is 32.4. The Bertz CT molecular complexity index is 795. The SMILES string of the molecule is CCCCC/C=C\CCCCCCCC(=O)OC(COCCCCCCCCCCCCCCCCCCC)COP(=O)(O)OCC(O)CO. The lowest BCUT2D eigenvalue weighted by Crippen LogP contribution is -2.29. The Morgan fingerprint density at radius 3 is 1.54 bits per heavy atom. The van der Waals surface area contributed by atoms with Crippen LogP contribution in [0.2, 0.25) is 0 Å². The summed E-state index contributed by atoms with van der Waals surface area (Å²) in [5.74, 6) is -0.389. The summed E-state index contributed by atoms with van der Waals surface area (Å²) < 4.78 is 33.3. The molecule has 0 fully saturated rings. The van der Waals surface area contributed by atoms with Crippen LogP contribution in [0.4, 0.5) is 0 Å². The first-order valence-electron chi connectivity index (χ1n) is 20.7. The number of esters is 1. The summed E-state index contributed by atoms with van der Waals surface area (Å²) >= 11 is 0. The first-order chi connectivity index (χ1) is 24.3. The molecule has 0 aromatic rings. The standard InChI is InChI=1S/C40H79O9P/c1-3-5-7-9-11-13-15-17-18-19-20-21-23-25-27-29-31-33-46-36-39(37-48-50(44,45)47-35-38(42)34-41)49-40(43)32-30-28-26-24-22-16-14-12-10-8-6-4-2/h12,14,38-39,41-42H,3-11,13,15-37H2,1-2H3,(H,44,45)/b14-12-. The highest BCUT2D eigenvalue weighted by atomic mass is 31.2. The number of phosphoric ester groups is 1. The van der Waals surface area contributed by atoms with Crippen LogP contribution in [0.1, 0.15) is 194 Å². The van der Waals surface area contributed by atoms with Crippen LogP contribution >= 0.6 is 7.82 Å². The third-order valence-electron chi connectivity index (χ3n) is 8.95. The van der Waals surface area contributed by atoms with E-state index < -0.39 is 33.2 Å². The summed E-state index contributed by atoms with van der Waals surface area (Å²) in [6, 6.07) is 0. The molecular weight excluding hydrogens is 655 g/mol. The van der Waals surface area contributed by atoms with Gasteiger partial charge in [0.1, 0.15) is 12.2 Å². The van der Waals surface area contributed by atoms with Gasteiger partial charge in [-0.2, -0.15) is 0 Å². The van der Waals surface area contributed by atoms with Crippen molar-refractivity contribution in [3.8, 4) is 0 Å². The van der Waals surface area contributed by atoms with E-state index >= 15 is 0 Å². The Hall–Kier alpha value is -0.800. The van der Waals surface area contributed by atoms with Gasteiger partial charge >= 0.3 is 13.8 Å². The summed E-state index contributed by atoms with van der Waals surface area (Å²) in [6.07, 6.45) is 36.0. The highest BCUT2D eigenvalue weighted by Crippen LogP contribution is 2.43. The van der Waals surface area contributed by atoms with Crippen LogP contribution in [0.5, 0.6) is 0 Å². The molecule has 0 radical (unpaired) electrons. The Labute approximate surface area is 307 Å². The monoisotopic (exact) mass is 735 g/mol. The lowest BCUT2D eigenvalue weighted by atomic mass is 10.0. The number of ether oxygens (including phenoxy) is 2. The molecule has 0 heterocycles. The predicted octanol–water partition coefficient (Wildman–Crippen LogP) is 10.9. The second-order valence-corrected chi connectivity index (χ2v) is 15.5. The van der Waals surface area contributed by atoms with Crippen LogP contribution in [-0.2, 0) is 27.9 Å². The minimum atomic E-state index is -4.51. The quantitative estimate of drug-likeness (QED) is 0.0243. The van der Waals surface area contributed by atoms with Gasteiger partial charge < -0.3 is 24.6 Å². The normalized spacial score (nSPS) is 14.3. The molecule has 0 spiro atoms. The molecule has 0 amide bonds. The molecule has 0 saturated carbocycles. The highest BCUT2D eigenvalue weighted by molar-refractivity contribution is 7.47. The molecule has 0 aromatic heterocycles. The van der Waals surface area contributed by atoms with Crippen molar-refractivity contribution in [2.45, 2.75) is 206 Å². The predicted molar refractivity (Wildman–Crippen MR) is 205 cm³/mol. The number of carbonyl (C=O) groups is 1. The van der Waals surface area contributed by atoms with Crippen molar-refractivity contribution in [2.24, 2.45) is 0 Å². The van der Waals surface area contributed by atoms with Crippen molar-refractivity contribution in [1.29, 1.82) is 0 Å². The van der Waals surface area contributed by atoms with Crippen molar-refractivity contribution in [3.05, 3.63) is 12.2 Å². The van der Waals surface area contributed by atoms with Gasteiger partial charge in [0, 0.05) is 13.0 Å². The molecule has 0 bridgehead atoms. The van der Waals surface area contributed by atoms with E-state index in [0.29, 0.717) is 6.61 Å². The van der Waals surface area contributed by atoms with Crippen LogP contribution in [0, 0.1) is 0 Å². The topological polar surface area (TPSA) is 132 Å². The van der Waals surface area contributed by atoms with Gasteiger partial charge in [-0.05, 0) is 38.5 Å². The van der Waals surface area contributed by atoms with E-state index in [2.05, 4.69) is 26.0 Å². The number of aliphatic hydroxyl groups is 2. The Balaban J connectivity index is 4.14. The van der Waals surface area contributed by atoms with Crippen molar-refractivity contribution < 1.29 is 43.0 Å². The van der Waals surface area contributed by atoms with Gasteiger partial charge in [0.2, 0.25) is 0 Å². The second kappa shape index (κ2) is 37.9. The van der Waals surface area contributed by atoms with E-state index in [4.69, 9.17) is 23.6 Å². The van der Waals surface area contributed by atoms with Crippen molar-refractivity contribution in [3.63, 3.8) is 0 Å². The fraction of sp³-hybridized carbons (Fsp3) is 0.925. The molecule has 298 valence electrons. The maximum atomic E-state index is 12.5. The van der Waals surface area contributed by atoms with Gasteiger partial charge in [0.25, 0.3) is 0 Å². The maximum absolute atomic E-state index is 12.5. The molecule has 3 atom stereocenters. The van der Waals surface area contributed by atoms with E-state index in [-0.39, 0.29) is 25.6 Å². The second-order valence-electron chi connectivity index (χ2n) is 14.0. The van der Waals surface area contributed by atoms with Crippen molar-refractivity contribution in [1.82, 2.24) is 0 Å². The van der Waals surface area contributed by atoms with Crippen molar-refractivity contribution in [2.75, 3.05) is 33.0 Å². The molecule has 0 aliphatic rings. The van der Waals surface area contributed by atoms with Crippen molar-refractivity contribution >= 4 is 13.8 Å². The fourth-order valence-corrected chi connectivity index (χ4v) is 6.55. The first kappa shape index (κ1) is 49.2. The number of unbranched alkanes of at least 4 members (excludes halogenated alkanes) is 24. The summed E-state index contributed by atoms with van der Waals surface area (Å²) in [5, 5.41) is 18.3. The summed E-state index contributed by atoms with van der Waals surface area (Å²) in [5.41, 5.74) is 0. The number of phosphoric acid groups is 1. The number of carbonyl (C=O) groups excluding carboxylic acids is 1. The van der Waals surface area contributed by atoms with Crippen LogP contribution < -0.4 is 0 Å². The molecular formula is C40H79O9P. The number of hydrogen-bond donors (Lipinski definition) is 3. The lowest BCUT2D eigenvalue weighted by molar-refractivity contribution is -0.154. The first-order valence-corrected chi connectivity index (χ1v) is 22.2. The number of hydrogen-bond acceptors (Lipinski definition) is 8. The lowest BCUT2D eigenvalue weighted by Gasteiger charge is -2.20. The fourth-order valence-electron chi connectivity index (χ4n) is 5.76. The Morgan fingerprint density at radius 1 is 0.600 bits per heavy atom. The zero-order chi connectivity index (χ0) is 36.8. The Kier molecular flexibility index (Phi) is 37.3. The summed E-state index contributed by atoms with van der Waals surface area (Å²) in [6.45, 7) is 3.51. The molecule has 50 heavy (non-hydrogen) atoms. The van der Waals surface area contributed by atoms with Gasteiger partial charge in [-0.15, -0.1) is 0 Å².